The lowest BCUT2D eigenvalue weighted by Gasteiger charge is -2.08. The molecule has 1 N–H and O–H groups in total. The van der Waals surface area contributed by atoms with Crippen molar-refractivity contribution in [2.45, 2.75) is 13.3 Å². The number of nitrogens with one attached hydrogen (secondary N) is 1. The van der Waals surface area contributed by atoms with Crippen molar-refractivity contribution in [3.05, 3.63) is 69.0 Å². The molecule has 0 aromatic heterocycles. The van der Waals surface area contributed by atoms with Crippen LogP contribution in [0.1, 0.15) is 22.8 Å². The molecule has 0 unspecified atom stereocenters. The number of nitrogens with zero attached hydrogens (tertiary/aromatic N) is 1. The first kappa shape index (κ1) is 16.5. The molecule has 0 heterocycles. The molecule has 0 radical (unpaired) electrons. The van der Waals surface area contributed by atoms with Gasteiger partial charge in [0, 0.05) is 17.3 Å². The number of halogens is 3. The number of amides is 1. The molecule has 5 nitrogen and oxygen atoms in total. The molecular weight excluding hydrogens is 313 g/mol. The molecule has 2 rings (SSSR count). The minimum Gasteiger partial charge on any atom is -0.322 e. The number of carbonyl (C=O) groups excluding carboxylic acids is 1. The number of aryl methyl sites for hydroxylation is 1. The van der Waals surface area contributed by atoms with E-state index in [1.807, 2.05) is 0 Å². The van der Waals surface area contributed by atoms with Crippen LogP contribution in [-0.4, -0.2) is 10.8 Å². The highest BCUT2D eigenvalue weighted by Crippen LogP contribution is 2.24. The predicted octanol–water partition coefficient (Wildman–Crippen LogP) is 3.83. The van der Waals surface area contributed by atoms with Crippen LogP contribution >= 0.6 is 0 Å². The second-order valence-corrected chi connectivity index (χ2v) is 4.63. The highest BCUT2D eigenvalue weighted by atomic mass is 19.2. The smallest absolute Gasteiger partial charge is 0.274 e. The molecule has 0 aliphatic carbocycles. The molecule has 23 heavy (non-hydrogen) atoms. The van der Waals surface area contributed by atoms with Gasteiger partial charge in [-0.1, -0.05) is 13.0 Å². The van der Waals surface area contributed by atoms with Crippen molar-refractivity contribution in [3.8, 4) is 0 Å². The van der Waals surface area contributed by atoms with E-state index in [2.05, 4.69) is 5.32 Å². The number of benzene rings is 2. The largest absolute Gasteiger partial charge is 0.322 e. The van der Waals surface area contributed by atoms with E-state index >= 15 is 0 Å². The van der Waals surface area contributed by atoms with Crippen molar-refractivity contribution in [3.63, 3.8) is 0 Å². The summed E-state index contributed by atoms with van der Waals surface area (Å²) in [6, 6.07) is 5.39. The quantitative estimate of drug-likeness (QED) is 0.528. The lowest BCUT2D eigenvalue weighted by atomic mass is 10.1. The summed E-state index contributed by atoms with van der Waals surface area (Å²) in [6.45, 7) is 1.73. The SMILES string of the molecule is CCc1ccc(NC(=O)c2ccc(F)c(F)c2F)cc1[N+](=O)[O-]. The number of carbonyl (C=O) groups is 1. The Morgan fingerprint density at radius 2 is 1.87 bits per heavy atom. The van der Waals surface area contributed by atoms with Crippen molar-refractivity contribution in [1.29, 1.82) is 0 Å². The van der Waals surface area contributed by atoms with E-state index in [9.17, 15) is 28.1 Å². The minimum absolute atomic E-state index is 0.0445. The van der Waals surface area contributed by atoms with Crippen LogP contribution in [0.5, 0.6) is 0 Å². The molecule has 120 valence electrons. The van der Waals surface area contributed by atoms with Crippen LogP contribution in [0, 0.1) is 27.6 Å². The third-order valence-corrected chi connectivity index (χ3v) is 3.20. The zero-order chi connectivity index (χ0) is 17.1. The summed E-state index contributed by atoms with van der Waals surface area (Å²) in [5.41, 5.74) is -0.391. The first-order chi connectivity index (χ1) is 10.8. The van der Waals surface area contributed by atoms with Gasteiger partial charge in [-0.15, -0.1) is 0 Å². The van der Waals surface area contributed by atoms with Crippen LogP contribution in [0.4, 0.5) is 24.5 Å². The van der Waals surface area contributed by atoms with Crippen LogP contribution in [0.3, 0.4) is 0 Å². The third-order valence-electron chi connectivity index (χ3n) is 3.20. The molecule has 0 atom stereocenters. The van der Waals surface area contributed by atoms with Crippen LogP contribution in [0.15, 0.2) is 30.3 Å². The molecule has 0 aliphatic heterocycles. The summed E-state index contributed by atoms with van der Waals surface area (Å²) in [5, 5.41) is 13.2. The minimum atomic E-state index is -1.76. The van der Waals surface area contributed by atoms with Crippen LogP contribution < -0.4 is 5.32 Å². The fourth-order valence-corrected chi connectivity index (χ4v) is 2.01. The van der Waals surface area contributed by atoms with E-state index in [0.29, 0.717) is 18.1 Å². The second kappa shape index (κ2) is 6.47. The van der Waals surface area contributed by atoms with Gasteiger partial charge in [-0.2, -0.15) is 0 Å². The van der Waals surface area contributed by atoms with Gasteiger partial charge in [-0.05, 0) is 24.6 Å². The number of rotatable bonds is 4. The summed E-state index contributed by atoms with van der Waals surface area (Å²) < 4.78 is 39.6. The molecule has 0 spiro atoms. The van der Waals surface area contributed by atoms with Crippen molar-refractivity contribution in [2.24, 2.45) is 0 Å². The zero-order valence-corrected chi connectivity index (χ0v) is 11.9. The first-order valence-electron chi connectivity index (χ1n) is 6.57. The van der Waals surface area contributed by atoms with Gasteiger partial charge in [0.1, 0.15) is 0 Å². The fourth-order valence-electron chi connectivity index (χ4n) is 2.01. The van der Waals surface area contributed by atoms with Crippen molar-refractivity contribution in [1.82, 2.24) is 0 Å². The van der Waals surface area contributed by atoms with Gasteiger partial charge < -0.3 is 5.32 Å². The topological polar surface area (TPSA) is 72.2 Å². The van der Waals surface area contributed by atoms with Crippen molar-refractivity contribution >= 4 is 17.3 Å². The Morgan fingerprint density at radius 3 is 2.48 bits per heavy atom. The molecule has 2 aromatic rings. The van der Waals surface area contributed by atoms with Gasteiger partial charge in [-0.25, -0.2) is 13.2 Å². The third kappa shape index (κ3) is 3.31. The van der Waals surface area contributed by atoms with Crippen LogP contribution in [0.2, 0.25) is 0 Å². The summed E-state index contributed by atoms with van der Waals surface area (Å²) in [5.74, 6) is -5.84. The average Bonchev–Trinajstić information content (AvgIpc) is 2.52. The van der Waals surface area contributed by atoms with E-state index in [4.69, 9.17) is 0 Å². The molecule has 8 heteroatoms. The van der Waals surface area contributed by atoms with E-state index in [0.717, 1.165) is 12.1 Å². The number of hydrogen-bond acceptors (Lipinski definition) is 3. The molecule has 1 amide bonds. The van der Waals surface area contributed by atoms with E-state index in [-0.39, 0.29) is 11.4 Å². The lowest BCUT2D eigenvalue weighted by Crippen LogP contribution is -2.15. The zero-order valence-electron chi connectivity index (χ0n) is 11.9. The molecule has 0 saturated heterocycles. The van der Waals surface area contributed by atoms with Gasteiger partial charge in [0.2, 0.25) is 0 Å². The van der Waals surface area contributed by atoms with Gasteiger partial charge >= 0.3 is 0 Å². The van der Waals surface area contributed by atoms with Gasteiger partial charge in [-0.3, -0.25) is 14.9 Å². The van der Waals surface area contributed by atoms with E-state index < -0.39 is 33.8 Å². The Kier molecular flexibility index (Phi) is 4.63. The summed E-state index contributed by atoms with van der Waals surface area (Å²) >= 11 is 0. The maximum Gasteiger partial charge on any atom is 0.274 e. The Balaban J connectivity index is 2.33. The average molecular weight is 324 g/mol. The Morgan fingerprint density at radius 1 is 1.17 bits per heavy atom. The van der Waals surface area contributed by atoms with Gasteiger partial charge in [0.15, 0.2) is 17.5 Å². The predicted molar refractivity (Wildman–Crippen MR) is 76.7 cm³/mol. The Labute approximate surface area is 128 Å². The number of nitro groups is 1. The van der Waals surface area contributed by atoms with Gasteiger partial charge in [0.25, 0.3) is 11.6 Å². The van der Waals surface area contributed by atoms with E-state index in [1.54, 1.807) is 6.92 Å². The van der Waals surface area contributed by atoms with Crippen LogP contribution in [0.25, 0.3) is 0 Å². The molecule has 0 aliphatic rings. The highest BCUT2D eigenvalue weighted by Gasteiger charge is 2.20. The number of anilines is 1. The molecule has 0 bridgehead atoms. The van der Waals surface area contributed by atoms with Crippen molar-refractivity contribution in [2.75, 3.05) is 5.32 Å². The Hall–Kier alpha value is -2.90. The Bertz CT molecular complexity index is 794. The fraction of sp³-hybridized carbons (Fsp3) is 0.133. The van der Waals surface area contributed by atoms with Crippen LogP contribution in [-0.2, 0) is 6.42 Å². The monoisotopic (exact) mass is 324 g/mol. The lowest BCUT2D eigenvalue weighted by molar-refractivity contribution is -0.385. The normalized spacial score (nSPS) is 10.4. The summed E-state index contributed by atoms with van der Waals surface area (Å²) in [6.07, 6.45) is 0.419. The summed E-state index contributed by atoms with van der Waals surface area (Å²) in [4.78, 5) is 22.3. The second-order valence-electron chi connectivity index (χ2n) is 4.63. The molecule has 0 saturated carbocycles. The number of nitro benzene ring substituents is 1. The molecular formula is C15H11F3N2O3. The standard InChI is InChI=1S/C15H11F3N2O3/c1-2-8-3-4-9(7-12(8)20(22)23)19-15(21)10-5-6-11(16)14(18)13(10)17/h3-7H,2H2,1H3,(H,19,21). The van der Waals surface area contributed by atoms with E-state index in [1.165, 1.54) is 12.1 Å². The highest BCUT2D eigenvalue weighted by molar-refractivity contribution is 6.04. The summed E-state index contributed by atoms with van der Waals surface area (Å²) in [7, 11) is 0. The maximum atomic E-state index is 13.6. The number of hydrogen-bond donors (Lipinski definition) is 1. The van der Waals surface area contributed by atoms with Crippen molar-refractivity contribution < 1.29 is 22.9 Å². The molecule has 2 aromatic carbocycles. The molecule has 0 fully saturated rings. The first-order valence-corrected chi connectivity index (χ1v) is 6.57. The maximum absolute atomic E-state index is 13.6. The van der Waals surface area contributed by atoms with Gasteiger partial charge in [0.05, 0.1) is 10.5 Å².